The topological polar surface area (TPSA) is 126 Å². The number of carbonyl (C=O) groups is 1. The van der Waals surface area contributed by atoms with Crippen LogP contribution >= 0.6 is 0 Å². The molecule has 0 bridgehead atoms. The Bertz CT molecular complexity index is 1060. The van der Waals surface area contributed by atoms with Crippen LogP contribution in [0.4, 0.5) is 15.9 Å². The number of aromatic nitrogens is 2. The van der Waals surface area contributed by atoms with Gasteiger partial charge in [0.05, 0.1) is 18.0 Å². The molecule has 0 spiro atoms. The fourth-order valence-electron chi connectivity index (χ4n) is 3.82. The van der Waals surface area contributed by atoms with Gasteiger partial charge in [0.1, 0.15) is 11.3 Å². The molecule has 1 saturated carbocycles. The number of fused-ring (bicyclic) bond motifs is 1. The third-order valence-corrected chi connectivity index (χ3v) is 5.32. The second-order valence-corrected chi connectivity index (χ2v) is 7.33. The van der Waals surface area contributed by atoms with Crippen LogP contribution in [0, 0.1) is 23.1 Å². The Morgan fingerprint density at radius 3 is 3.03 bits per heavy atom. The van der Waals surface area contributed by atoms with E-state index in [0.717, 1.165) is 19.3 Å². The lowest BCUT2D eigenvalue weighted by Gasteiger charge is -2.20. The molecular formula is C19H19BFN5O3. The highest BCUT2D eigenvalue weighted by Crippen LogP contribution is 2.37. The van der Waals surface area contributed by atoms with E-state index in [1.165, 1.54) is 12.3 Å². The van der Waals surface area contributed by atoms with Crippen LogP contribution in [0.15, 0.2) is 23.8 Å². The molecule has 1 amide bonds. The number of nitrogens with two attached hydrogens (primary N) is 1. The molecule has 2 aliphatic rings. The van der Waals surface area contributed by atoms with Gasteiger partial charge in [-0.15, -0.1) is 0 Å². The van der Waals surface area contributed by atoms with Gasteiger partial charge in [-0.1, -0.05) is 6.08 Å². The second-order valence-electron chi connectivity index (χ2n) is 7.33. The Balaban J connectivity index is 1.69. The molecule has 4 N–H and O–H groups in total. The molecule has 2 aromatic rings. The van der Waals surface area contributed by atoms with Gasteiger partial charge in [-0.25, -0.2) is 4.39 Å². The quantitative estimate of drug-likeness (QED) is 0.683. The van der Waals surface area contributed by atoms with Crippen molar-refractivity contribution in [2.45, 2.75) is 32.2 Å². The SMILES string of the molecule is CC1=Cc2cc(Nc3nn(C4CCC[C@@H]4C#N)cc3C(N)=O)cc(F)c2OB1O. The van der Waals surface area contributed by atoms with Gasteiger partial charge in [-0.3, -0.25) is 9.48 Å². The summed E-state index contributed by atoms with van der Waals surface area (Å²) >= 11 is 0. The molecule has 1 aromatic heterocycles. The van der Waals surface area contributed by atoms with Crippen molar-refractivity contribution < 1.29 is 18.9 Å². The minimum Gasteiger partial charge on any atom is -0.530 e. The highest BCUT2D eigenvalue weighted by Gasteiger charge is 2.31. The number of amides is 1. The summed E-state index contributed by atoms with van der Waals surface area (Å²) in [6.07, 6.45) is 5.63. The van der Waals surface area contributed by atoms with Crippen molar-refractivity contribution in [3.8, 4) is 11.8 Å². The van der Waals surface area contributed by atoms with E-state index in [1.807, 2.05) is 0 Å². The molecule has 1 unspecified atom stereocenters. The van der Waals surface area contributed by atoms with E-state index in [2.05, 4.69) is 16.5 Å². The molecule has 2 atom stereocenters. The lowest BCUT2D eigenvalue weighted by Crippen LogP contribution is -2.27. The van der Waals surface area contributed by atoms with Crippen LogP contribution in [0.5, 0.6) is 5.75 Å². The third-order valence-electron chi connectivity index (χ3n) is 5.32. The predicted octanol–water partition coefficient (Wildman–Crippen LogP) is 2.54. The molecule has 2 heterocycles. The first kappa shape index (κ1) is 19.0. The van der Waals surface area contributed by atoms with E-state index in [-0.39, 0.29) is 29.1 Å². The van der Waals surface area contributed by atoms with Crippen molar-refractivity contribution in [3.63, 3.8) is 0 Å². The average molecular weight is 395 g/mol. The van der Waals surface area contributed by atoms with Crippen molar-refractivity contribution in [1.29, 1.82) is 5.26 Å². The molecule has 0 radical (unpaired) electrons. The van der Waals surface area contributed by atoms with E-state index in [1.54, 1.807) is 23.7 Å². The number of hydrogen-bond acceptors (Lipinski definition) is 6. The lowest BCUT2D eigenvalue weighted by molar-refractivity contribution is 0.100. The molecule has 1 aromatic carbocycles. The van der Waals surface area contributed by atoms with Gasteiger partial charge in [0.2, 0.25) is 0 Å². The van der Waals surface area contributed by atoms with Gasteiger partial charge in [0, 0.05) is 23.5 Å². The molecule has 1 aliphatic heterocycles. The standard InChI is InChI=1S/C19H19BFN5O3/c1-10-5-12-6-13(7-15(21)17(12)29-20(10)28)24-19-14(18(23)27)9-26(25-19)16-4-2-3-11(16)8-22/h5-7,9,11,16,28H,2-4H2,1H3,(H2,23,27)(H,24,25)/t11-,16?/m1/s1. The average Bonchev–Trinajstić information content (AvgIpc) is 3.30. The van der Waals surface area contributed by atoms with Crippen LogP contribution in [0.1, 0.15) is 48.1 Å². The Morgan fingerprint density at radius 1 is 1.52 bits per heavy atom. The number of nitrogens with zero attached hydrogens (tertiary/aromatic N) is 3. The number of carbonyl (C=O) groups excluding carboxylic acids is 1. The zero-order chi connectivity index (χ0) is 20.7. The highest BCUT2D eigenvalue weighted by molar-refractivity contribution is 6.54. The maximum Gasteiger partial charge on any atom is 0.555 e. The van der Waals surface area contributed by atoms with Crippen molar-refractivity contribution in [2.24, 2.45) is 11.7 Å². The number of nitriles is 1. The first-order chi connectivity index (χ1) is 13.9. The van der Waals surface area contributed by atoms with Crippen molar-refractivity contribution in [1.82, 2.24) is 9.78 Å². The number of primary amides is 1. The lowest BCUT2D eigenvalue weighted by atomic mass is 9.76. The Kier molecular flexibility index (Phi) is 4.76. The third kappa shape index (κ3) is 3.45. The number of halogens is 1. The molecule has 1 aliphatic carbocycles. The van der Waals surface area contributed by atoms with Gasteiger partial charge >= 0.3 is 7.12 Å². The molecule has 148 valence electrons. The Morgan fingerprint density at radius 2 is 2.31 bits per heavy atom. The zero-order valence-corrected chi connectivity index (χ0v) is 15.7. The number of rotatable bonds is 4. The predicted molar refractivity (Wildman–Crippen MR) is 105 cm³/mol. The molecule has 29 heavy (non-hydrogen) atoms. The summed E-state index contributed by atoms with van der Waals surface area (Å²) in [5, 5.41) is 26.4. The normalized spacial score (nSPS) is 20.5. The minimum absolute atomic E-state index is 0.0443. The van der Waals surface area contributed by atoms with Gasteiger partial charge < -0.3 is 20.7 Å². The summed E-state index contributed by atoms with van der Waals surface area (Å²) in [6.45, 7) is 1.67. The van der Waals surface area contributed by atoms with Gasteiger partial charge in [-0.2, -0.15) is 10.4 Å². The van der Waals surface area contributed by atoms with Crippen molar-refractivity contribution >= 4 is 30.6 Å². The van der Waals surface area contributed by atoms with Gasteiger partial charge in [0.25, 0.3) is 5.91 Å². The maximum absolute atomic E-state index is 14.5. The number of anilines is 2. The zero-order valence-electron chi connectivity index (χ0n) is 15.7. The van der Waals surface area contributed by atoms with Crippen LogP contribution < -0.4 is 15.7 Å². The largest absolute Gasteiger partial charge is 0.555 e. The first-order valence-electron chi connectivity index (χ1n) is 9.29. The number of benzene rings is 1. The summed E-state index contributed by atoms with van der Waals surface area (Å²) in [5.74, 6) is -1.37. The number of allylic oxidation sites excluding steroid dienone is 1. The molecular weight excluding hydrogens is 376 g/mol. The summed E-state index contributed by atoms with van der Waals surface area (Å²) in [4.78, 5) is 11.9. The van der Waals surface area contributed by atoms with Crippen LogP contribution in [0.25, 0.3) is 6.08 Å². The van der Waals surface area contributed by atoms with E-state index < -0.39 is 18.8 Å². The monoisotopic (exact) mass is 395 g/mol. The fraction of sp³-hybridized carbons (Fsp3) is 0.316. The number of hydrogen-bond donors (Lipinski definition) is 3. The smallest absolute Gasteiger partial charge is 0.530 e. The first-order valence-corrected chi connectivity index (χ1v) is 9.29. The summed E-state index contributed by atoms with van der Waals surface area (Å²) < 4.78 is 21.3. The second kappa shape index (κ2) is 7.26. The number of nitrogens with one attached hydrogen (secondary N) is 1. The van der Waals surface area contributed by atoms with Crippen molar-refractivity contribution in [3.05, 3.63) is 40.7 Å². The van der Waals surface area contributed by atoms with Crippen LogP contribution in [-0.2, 0) is 0 Å². The van der Waals surface area contributed by atoms with Crippen LogP contribution in [0.2, 0.25) is 0 Å². The van der Waals surface area contributed by atoms with Gasteiger partial charge in [0.15, 0.2) is 11.6 Å². The van der Waals surface area contributed by atoms with E-state index in [0.29, 0.717) is 16.7 Å². The van der Waals surface area contributed by atoms with Gasteiger partial charge in [-0.05, 0) is 37.7 Å². The highest BCUT2D eigenvalue weighted by atomic mass is 19.1. The molecule has 10 heteroatoms. The fourth-order valence-corrected chi connectivity index (χ4v) is 3.82. The Labute approximate surface area is 166 Å². The van der Waals surface area contributed by atoms with E-state index in [9.17, 15) is 19.5 Å². The molecule has 1 fully saturated rings. The molecule has 8 nitrogen and oxygen atoms in total. The minimum atomic E-state index is -1.19. The van der Waals surface area contributed by atoms with Crippen molar-refractivity contribution in [2.75, 3.05) is 5.32 Å². The summed E-state index contributed by atoms with van der Waals surface area (Å²) in [6, 6.07) is 4.97. The molecule has 0 saturated heterocycles. The Hall–Kier alpha value is -3.32. The molecule has 4 rings (SSSR count). The van der Waals surface area contributed by atoms with E-state index in [4.69, 9.17) is 10.4 Å². The maximum atomic E-state index is 14.5. The van der Waals surface area contributed by atoms with E-state index >= 15 is 0 Å². The summed E-state index contributed by atoms with van der Waals surface area (Å²) in [7, 11) is -1.19. The summed E-state index contributed by atoms with van der Waals surface area (Å²) in [5.41, 5.74) is 6.99. The van der Waals surface area contributed by atoms with Crippen LogP contribution in [0.3, 0.4) is 0 Å². The van der Waals surface area contributed by atoms with Crippen LogP contribution in [-0.4, -0.2) is 27.8 Å².